The lowest BCUT2D eigenvalue weighted by atomic mass is 10.2. The maximum atomic E-state index is 4.08. The van der Waals surface area contributed by atoms with Crippen LogP contribution in [0.2, 0.25) is 0 Å². The van der Waals surface area contributed by atoms with Crippen LogP contribution in [-0.2, 0) is 5.75 Å². The van der Waals surface area contributed by atoms with Crippen molar-refractivity contribution in [3.63, 3.8) is 0 Å². The Morgan fingerprint density at radius 3 is 1.75 bits per heavy atom. The Labute approximate surface area is 155 Å². The van der Waals surface area contributed by atoms with Crippen LogP contribution in [0, 0.1) is 0 Å². The van der Waals surface area contributed by atoms with Crippen molar-refractivity contribution in [2.75, 3.05) is 19.0 Å². The van der Waals surface area contributed by atoms with Gasteiger partial charge in [-0.2, -0.15) is 0 Å². The number of anilines is 1. The SMILES string of the molecule is CN(C)c1ccc(CSc2ccccc2)cc1.Sc1ccccc1. The first-order valence-electron chi connectivity index (χ1n) is 7.83. The van der Waals surface area contributed by atoms with Gasteiger partial charge in [0.2, 0.25) is 0 Å². The van der Waals surface area contributed by atoms with Gasteiger partial charge in [0, 0.05) is 35.3 Å². The molecule has 0 amide bonds. The Morgan fingerprint density at radius 2 is 1.29 bits per heavy atom. The van der Waals surface area contributed by atoms with Gasteiger partial charge in [-0.25, -0.2) is 0 Å². The van der Waals surface area contributed by atoms with E-state index in [-0.39, 0.29) is 0 Å². The molecule has 3 rings (SSSR count). The lowest BCUT2D eigenvalue weighted by Gasteiger charge is -2.12. The summed E-state index contributed by atoms with van der Waals surface area (Å²) in [5.74, 6) is 1.03. The zero-order valence-corrected chi connectivity index (χ0v) is 15.8. The molecule has 0 bridgehead atoms. The van der Waals surface area contributed by atoms with Crippen molar-refractivity contribution in [1.29, 1.82) is 0 Å². The molecule has 3 aromatic carbocycles. The molecule has 24 heavy (non-hydrogen) atoms. The highest BCUT2D eigenvalue weighted by atomic mass is 32.2. The lowest BCUT2D eigenvalue weighted by Crippen LogP contribution is -2.08. The van der Waals surface area contributed by atoms with Gasteiger partial charge in [0.25, 0.3) is 0 Å². The molecule has 0 radical (unpaired) electrons. The van der Waals surface area contributed by atoms with Gasteiger partial charge in [-0.15, -0.1) is 24.4 Å². The van der Waals surface area contributed by atoms with Crippen LogP contribution in [0.5, 0.6) is 0 Å². The number of hydrogen-bond acceptors (Lipinski definition) is 3. The zero-order valence-electron chi connectivity index (χ0n) is 14.1. The van der Waals surface area contributed by atoms with E-state index in [1.165, 1.54) is 16.1 Å². The predicted octanol–water partition coefficient (Wildman–Crippen LogP) is 6.02. The summed E-state index contributed by atoms with van der Waals surface area (Å²) in [6.45, 7) is 0. The molecule has 0 aromatic heterocycles. The van der Waals surface area contributed by atoms with E-state index in [1.54, 1.807) is 0 Å². The van der Waals surface area contributed by atoms with Gasteiger partial charge in [-0.1, -0.05) is 48.5 Å². The average molecular weight is 354 g/mol. The molecule has 0 fully saturated rings. The van der Waals surface area contributed by atoms with E-state index in [0.29, 0.717) is 0 Å². The standard InChI is InChI=1S/C15H17NS.C6H6S/c1-16(2)14-10-8-13(9-11-14)12-17-15-6-4-3-5-7-15;7-6-4-2-1-3-5-6/h3-11H,12H2,1-2H3;1-5,7H. The molecule has 0 saturated heterocycles. The topological polar surface area (TPSA) is 3.24 Å². The van der Waals surface area contributed by atoms with E-state index in [0.717, 1.165) is 10.6 Å². The fraction of sp³-hybridized carbons (Fsp3) is 0.143. The Bertz CT molecular complexity index is 695. The fourth-order valence-corrected chi connectivity index (χ4v) is 3.05. The van der Waals surface area contributed by atoms with E-state index >= 15 is 0 Å². The van der Waals surface area contributed by atoms with Crippen LogP contribution >= 0.6 is 24.4 Å². The Kier molecular flexibility index (Phi) is 7.80. The van der Waals surface area contributed by atoms with Crippen molar-refractivity contribution in [2.24, 2.45) is 0 Å². The Morgan fingerprint density at radius 1 is 0.750 bits per heavy atom. The zero-order chi connectivity index (χ0) is 17.2. The maximum absolute atomic E-state index is 4.08. The summed E-state index contributed by atoms with van der Waals surface area (Å²) in [4.78, 5) is 4.46. The van der Waals surface area contributed by atoms with Crippen molar-refractivity contribution in [3.05, 3.63) is 90.5 Å². The number of thioether (sulfide) groups is 1. The first kappa shape index (κ1) is 18.5. The summed E-state index contributed by atoms with van der Waals surface area (Å²) in [5, 5.41) is 0. The largest absolute Gasteiger partial charge is 0.378 e. The molecule has 0 saturated carbocycles. The van der Waals surface area contributed by atoms with Crippen molar-refractivity contribution < 1.29 is 0 Å². The fourth-order valence-electron chi connectivity index (χ4n) is 2.00. The average Bonchev–Trinajstić information content (AvgIpc) is 2.62. The molecule has 0 unspecified atom stereocenters. The molecule has 3 aromatic rings. The van der Waals surface area contributed by atoms with Crippen LogP contribution in [0.25, 0.3) is 0 Å². The van der Waals surface area contributed by atoms with Gasteiger partial charge < -0.3 is 4.90 Å². The molecule has 1 nitrogen and oxygen atoms in total. The van der Waals surface area contributed by atoms with Crippen LogP contribution < -0.4 is 4.90 Å². The first-order valence-corrected chi connectivity index (χ1v) is 9.26. The quantitative estimate of drug-likeness (QED) is 0.451. The molecule has 0 atom stereocenters. The van der Waals surface area contributed by atoms with Gasteiger partial charge in [0.05, 0.1) is 0 Å². The lowest BCUT2D eigenvalue weighted by molar-refractivity contribution is 1.13. The molecule has 0 N–H and O–H groups in total. The summed E-state index contributed by atoms with van der Waals surface area (Å²) < 4.78 is 0. The van der Waals surface area contributed by atoms with Gasteiger partial charge in [-0.3, -0.25) is 0 Å². The number of hydrogen-bond donors (Lipinski definition) is 1. The van der Waals surface area contributed by atoms with Crippen LogP contribution in [0.1, 0.15) is 5.56 Å². The minimum Gasteiger partial charge on any atom is -0.378 e. The highest BCUT2D eigenvalue weighted by Gasteiger charge is 1.97. The monoisotopic (exact) mass is 353 g/mol. The van der Waals surface area contributed by atoms with E-state index in [9.17, 15) is 0 Å². The van der Waals surface area contributed by atoms with Gasteiger partial charge >= 0.3 is 0 Å². The maximum Gasteiger partial charge on any atom is 0.0361 e. The van der Waals surface area contributed by atoms with Crippen LogP contribution in [0.15, 0.2) is 94.7 Å². The molecule has 0 aliphatic heterocycles. The summed E-state index contributed by atoms with van der Waals surface area (Å²) in [6, 6.07) is 29.0. The highest BCUT2D eigenvalue weighted by Crippen LogP contribution is 2.23. The minimum absolute atomic E-state index is 1.02. The van der Waals surface area contributed by atoms with Crippen molar-refractivity contribution in [3.8, 4) is 0 Å². The highest BCUT2D eigenvalue weighted by molar-refractivity contribution is 7.98. The second-order valence-corrected chi connectivity index (χ2v) is 7.06. The molecule has 0 heterocycles. The number of benzene rings is 3. The Hall–Kier alpha value is -1.84. The van der Waals surface area contributed by atoms with Crippen LogP contribution in [0.4, 0.5) is 5.69 Å². The number of rotatable bonds is 4. The second-order valence-electron chi connectivity index (χ2n) is 5.50. The molecular formula is C21H23NS2. The molecule has 124 valence electrons. The predicted molar refractivity (Wildman–Crippen MR) is 110 cm³/mol. The van der Waals surface area contributed by atoms with Gasteiger partial charge in [0.1, 0.15) is 0 Å². The molecule has 0 aliphatic rings. The minimum atomic E-state index is 1.02. The van der Waals surface area contributed by atoms with E-state index in [1.807, 2.05) is 42.1 Å². The third-order valence-corrected chi connectivity index (χ3v) is 4.74. The van der Waals surface area contributed by atoms with Crippen molar-refractivity contribution in [2.45, 2.75) is 15.5 Å². The first-order chi connectivity index (χ1) is 11.6. The van der Waals surface area contributed by atoms with Gasteiger partial charge in [0.15, 0.2) is 0 Å². The third-order valence-electron chi connectivity index (χ3n) is 3.36. The summed E-state index contributed by atoms with van der Waals surface area (Å²) in [7, 11) is 4.13. The number of thiol groups is 1. The normalized spacial score (nSPS) is 9.79. The van der Waals surface area contributed by atoms with Crippen LogP contribution in [-0.4, -0.2) is 14.1 Å². The van der Waals surface area contributed by atoms with Crippen molar-refractivity contribution in [1.82, 2.24) is 0 Å². The molecule has 3 heteroatoms. The molecule has 0 aliphatic carbocycles. The third kappa shape index (κ3) is 6.73. The van der Waals surface area contributed by atoms with E-state index < -0.39 is 0 Å². The smallest absolute Gasteiger partial charge is 0.0361 e. The second kappa shape index (κ2) is 10.1. The van der Waals surface area contributed by atoms with E-state index in [4.69, 9.17) is 0 Å². The van der Waals surface area contributed by atoms with E-state index in [2.05, 4.69) is 86.2 Å². The van der Waals surface area contributed by atoms with Crippen LogP contribution in [0.3, 0.4) is 0 Å². The Balaban J connectivity index is 0.000000249. The molecular weight excluding hydrogens is 330 g/mol. The summed E-state index contributed by atoms with van der Waals surface area (Å²) >= 11 is 5.96. The van der Waals surface area contributed by atoms with Crippen molar-refractivity contribution >= 4 is 30.1 Å². The summed E-state index contributed by atoms with van der Waals surface area (Å²) in [6.07, 6.45) is 0. The summed E-state index contributed by atoms with van der Waals surface area (Å²) in [5.41, 5.74) is 2.61. The molecule has 0 spiro atoms. The number of nitrogens with zero attached hydrogens (tertiary/aromatic N) is 1. The van der Waals surface area contributed by atoms with Gasteiger partial charge in [-0.05, 0) is 42.0 Å².